The van der Waals surface area contributed by atoms with E-state index >= 15 is 0 Å². The SMILES string of the molecule is COc1cccc(C(=O)NCCCI)c1. The van der Waals surface area contributed by atoms with E-state index in [4.69, 9.17) is 4.74 Å². The predicted octanol–water partition coefficient (Wildman–Crippen LogP) is 2.25. The van der Waals surface area contributed by atoms with Crippen molar-refractivity contribution in [1.82, 2.24) is 5.32 Å². The Bertz CT molecular complexity index is 328. The van der Waals surface area contributed by atoms with E-state index in [0.717, 1.165) is 17.4 Å². The fourth-order valence-electron chi connectivity index (χ4n) is 1.14. The Balaban J connectivity index is 2.57. The molecule has 0 aromatic heterocycles. The smallest absolute Gasteiger partial charge is 0.251 e. The Hall–Kier alpha value is -0.780. The number of alkyl halides is 1. The Labute approximate surface area is 103 Å². The summed E-state index contributed by atoms with van der Waals surface area (Å²) in [7, 11) is 1.59. The Morgan fingerprint density at radius 3 is 3.00 bits per heavy atom. The molecule has 1 amide bonds. The van der Waals surface area contributed by atoms with E-state index in [9.17, 15) is 4.79 Å². The number of halogens is 1. The lowest BCUT2D eigenvalue weighted by Gasteiger charge is -2.05. The molecule has 0 heterocycles. The van der Waals surface area contributed by atoms with Gasteiger partial charge in [0.15, 0.2) is 0 Å². The summed E-state index contributed by atoms with van der Waals surface area (Å²) < 4.78 is 6.10. The normalized spacial score (nSPS) is 9.73. The number of carbonyl (C=O) groups excluding carboxylic acids is 1. The second-order valence-electron chi connectivity index (χ2n) is 3.03. The van der Waals surface area contributed by atoms with Crippen molar-refractivity contribution in [2.45, 2.75) is 6.42 Å². The first kappa shape index (κ1) is 12.3. The van der Waals surface area contributed by atoms with Crippen LogP contribution in [-0.2, 0) is 0 Å². The van der Waals surface area contributed by atoms with Gasteiger partial charge >= 0.3 is 0 Å². The monoisotopic (exact) mass is 319 g/mol. The number of hydrogen-bond donors (Lipinski definition) is 1. The first-order valence-corrected chi connectivity index (χ1v) is 6.28. The van der Waals surface area contributed by atoms with Crippen molar-refractivity contribution < 1.29 is 9.53 Å². The highest BCUT2D eigenvalue weighted by Crippen LogP contribution is 2.12. The average molecular weight is 319 g/mol. The van der Waals surface area contributed by atoms with Crippen LogP contribution >= 0.6 is 22.6 Å². The van der Waals surface area contributed by atoms with Crippen molar-refractivity contribution in [3.05, 3.63) is 29.8 Å². The Morgan fingerprint density at radius 1 is 1.53 bits per heavy atom. The molecule has 0 spiro atoms. The predicted molar refractivity (Wildman–Crippen MR) is 68.8 cm³/mol. The summed E-state index contributed by atoms with van der Waals surface area (Å²) in [6.07, 6.45) is 0.996. The molecule has 82 valence electrons. The van der Waals surface area contributed by atoms with Crippen LogP contribution in [0.5, 0.6) is 5.75 Å². The molecule has 1 rings (SSSR count). The van der Waals surface area contributed by atoms with E-state index in [1.165, 1.54) is 0 Å². The molecule has 0 saturated heterocycles. The maximum atomic E-state index is 11.6. The highest BCUT2D eigenvalue weighted by atomic mass is 127. The van der Waals surface area contributed by atoms with Gasteiger partial charge in [-0.3, -0.25) is 4.79 Å². The van der Waals surface area contributed by atoms with Crippen molar-refractivity contribution in [3.63, 3.8) is 0 Å². The van der Waals surface area contributed by atoms with Gasteiger partial charge in [-0.15, -0.1) is 0 Å². The van der Waals surface area contributed by atoms with Crippen molar-refractivity contribution >= 4 is 28.5 Å². The molecule has 0 aliphatic rings. The fraction of sp³-hybridized carbons (Fsp3) is 0.364. The van der Waals surface area contributed by atoms with Gasteiger partial charge in [0, 0.05) is 16.5 Å². The van der Waals surface area contributed by atoms with Crippen molar-refractivity contribution in [2.24, 2.45) is 0 Å². The molecule has 0 radical (unpaired) electrons. The number of nitrogens with one attached hydrogen (secondary N) is 1. The summed E-state index contributed by atoms with van der Waals surface area (Å²) in [5.41, 5.74) is 0.641. The van der Waals surface area contributed by atoms with Gasteiger partial charge in [-0.1, -0.05) is 28.7 Å². The quantitative estimate of drug-likeness (QED) is 0.514. The molecule has 0 saturated carbocycles. The van der Waals surface area contributed by atoms with Crippen LogP contribution in [0, 0.1) is 0 Å². The van der Waals surface area contributed by atoms with Gasteiger partial charge in [0.05, 0.1) is 7.11 Å². The zero-order valence-electron chi connectivity index (χ0n) is 8.63. The van der Waals surface area contributed by atoms with E-state index in [-0.39, 0.29) is 5.91 Å². The van der Waals surface area contributed by atoms with E-state index in [2.05, 4.69) is 27.9 Å². The third-order valence-corrected chi connectivity index (χ3v) is 2.69. The molecule has 3 nitrogen and oxygen atoms in total. The topological polar surface area (TPSA) is 38.3 Å². The van der Waals surface area contributed by atoms with Gasteiger partial charge in [0.2, 0.25) is 0 Å². The minimum absolute atomic E-state index is 0.0428. The molecule has 0 bridgehead atoms. The van der Waals surface area contributed by atoms with E-state index in [1.807, 2.05) is 12.1 Å². The lowest BCUT2D eigenvalue weighted by atomic mass is 10.2. The van der Waals surface area contributed by atoms with Crippen LogP contribution in [0.4, 0.5) is 0 Å². The van der Waals surface area contributed by atoms with Gasteiger partial charge in [0.1, 0.15) is 5.75 Å². The lowest BCUT2D eigenvalue weighted by Crippen LogP contribution is -2.24. The molecule has 1 aromatic carbocycles. The highest BCUT2D eigenvalue weighted by Gasteiger charge is 2.04. The van der Waals surface area contributed by atoms with Crippen LogP contribution in [0.15, 0.2) is 24.3 Å². The number of carbonyl (C=O) groups is 1. The summed E-state index contributed by atoms with van der Waals surface area (Å²) in [4.78, 5) is 11.6. The standard InChI is InChI=1S/C11H14INO2/c1-15-10-5-2-4-9(8-10)11(14)13-7-3-6-12/h2,4-5,8H,3,6-7H2,1H3,(H,13,14). The highest BCUT2D eigenvalue weighted by molar-refractivity contribution is 14.1. The van der Waals surface area contributed by atoms with Crippen LogP contribution in [0.1, 0.15) is 16.8 Å². The third-order valence-electron chi connectivity index (χ3n) is 1.93. The third kappa shape index (κ3) is 4.07. The second-order valence-corrected chi connectivity index (χ2v) is 4.11. The van der Waals surface area contributed by atoms with Crippen LogP contribution in [0.2, 0.25) is 0 Å². The summed E-state index contributed by atoms with van der Waals surface area (Å²) in [5.74, 6) is 0.662. The maximum Gasteiger partial charge on any atom is 0.251 e. The van der Waals surface area contributed by atoms with Crippen molar-refractivity contribution in [2.75, 3.05) is 18.1 Å². The molecule has 4 heteroatoms. The van der Waals surface area contributed by atoms with Crippen LogP contribution in [0.25, 0.3) is 0 Å². The largest absolute Gasteiger partial charge is 0.497 e. The van der Waals surface area contributed by atoms with Crippen LogP contribution in [0.3, 0.4) is 0 Å². The average Bonchev–Trinajstić information content (AvgIpc) is 2.29. The minimum atomic E-state index is -0.0428. The Morgan fingerprint density at radius 2 is 2.33 bits per heavy atom. The maximum absolute atomic E-state index is 11.6. The summed E-state index contributed by atoms with van der Waals surface area (Å²) >= 11 is 2.29. The van der Waals surface area contributed by atoms with Crippen molar-refractivity contribution in [3.8, 4) is 5.75 Å². The molecular weight excluding hydrogens is 305 g/mol. The molecule has 0 unspecified atom stereocenters. The molecular formula is C11H14INO2. The number of hydrogen-bond acceptors (Lipinski definition) is 2. The molecule has 0 atom stereocenters. The number of amides is 1. The number of ether oxygens (including phenoxy) is 1. The number of rotatable bonds is 5. The van der Waals surface area contributed by atoms with Gasteiger partial charge in [-0.05, 0) is 24.6 Å². The molecule has 1 N–H and O–H groups in total. The summed E-state index contributed by atoms with van der Waals surface area (Å²) in [5, 5.41) is 2.85. The number of benzene rings is 1. The van der Waals surface area contributed by atoms with E-state index < -0.39 is 0 Å². The van der Waals surface area contributed by atoms with Crippen LogP contribution in [-0.4, -0.2) is 24.0 Å². The molecule has 0 fully saturated rings. The first-order chi connectivity index (χ1) is 7.27. The fourth-order valence-corrected chi connectivity index (χ4v) is 1.52. The van der Waals surface area contributed by atoms with E-state index in [1.54, 1.807) is 19.2 Å². The van der Waals surface area contributed by atoms with Crippen molar-refractivity contribution in [1.29, 1.82) is 0 Å². The lowest BCUT2D eigenvalue weighted by molar-refractivity contribution is 0.0953. The van der Waals surface area contributed by atoms with Gasteiger partial charge in [-0.2, -0.15) is 0 Å². The molecule has 0 aliphatic carbocycles. The molecule has 0 aliphatic heterocycles. The van der Waals surface area contributed by atoms with Gasteiger partial charge in [0.25, 0.3) is 5.91 Å². The zero-order valence-corrected chi connectivity index (χ0v) is 10.8. The Kier molecular flexibility index (Phi) is 5.45. The van der Waals surface area contributed by atoms with E-state index in [0.29, 0.717) is 11.3 Å². The minimum Gasteiger partial charge on any atom is -0.497 e. The van der Waals surface area contributed by atoms with Gasteiger partial charge < -0.3 is 10.1 Å². The van der Waals surface area contributed by atoms with Gasteiger partial charge in [-0.25, -0.2) is 0 Å². The first-order valence-electron chi connectivity index (χ1n) is 4.76. The van der Waals surface area contributed by atoms with Crippen LogP contribution < -0.4 is 10.1 Å². The summed E-state index contributed by atoms with van der Waals surface area (Å²) in [6.45, 7) is 0.721. The molecule has 1 aromatic rings. The second kappa shape index (κ2) is 6.66. The molecule has 15 heavy (non-hydrogen) atoms. The zero-order chi connectivity index (χ0) is 11.1. The summed E-state index contributed by atoms with van der Waals surface area (Å²) in [6, 6.07) is 7.15. The number of methoxy groups -OCH3 is 1.